The first-order valence-corrected chi connectivity index (χ1v) is 4.62. The Labute approximate surface area is 86.7 Å². The Hall–Kier alpha value is -1.20. The summed E-state index contributed by atoms with van der Waals surface area (Å²) in [5.41, 5.74) is 0. The van der Waals surface area contributed by atoms with Crippen LogP contribution < -0.4 is 10.6 Å². The first kappa shape index (κ1) is 13.8. The van der Waals surface area contributed by atoms with Gasteiger partial charge in [0.1, 0.15) is 0 Å². The van der Waals surface area contributed by atoms with Crippen molar-refractivity contribution in [2.75, 3.05) is 6.54 Å². The van der Waals surface area contributed by atoms with Gasteiger partial charge in [-0.3, -0.25) is 0 Å². The number of carbonyl (C=O) groups is 1. The summed E-state index contributed by atoms with van der Waals surface area (Å²) < 4.78 is 35.6. The first-order chi connectivity index (χ1) is 6.89. The Morgan fingerprint density at radius 2 is 2.13 bits per heavy atom. The molecule has 0 aliphatic rings. The Morgan fingerprint density at radius 1 is 1.53 bits per heavy atom. The van der Waals surface area contributed by atoms with Crippen LogP contribution in [0, 0.1) is 0 Å². The highest BCUT2D eigenvalue weighted by Crippen LogP contribution is 2.22. The van der Waals surface area contributed by atoms with E-state index in [1.54, 1.807) is 6.92 Å². The van der Waals surface area contributed by atoms with E-state index in [1.165, 1.54) is 6.08 Å². The molecule has 3 nitrogen and oxygen atoms in total. The van der Waals surface area contributed by atoms with Gasteiger partial charge in [-0.1, -0.05) is 6.08 Å². The SMILES string of the molecule is C=CC(CCC(F)(F)F)NC(=O)NCC. The maximum Gasteiger partial charge on any atom is 0.389 e. The number of urea groups is 1. The molecule has 0 radical (unpaired) electrons. The summed E-state index contributed by atoms with van der Waals surface area (Å²) in [4.78, 5) is 11.0. The number of hydrogen-bond donors (Lipinski definition) is 2. The van der Waals surface area contributed by atoms with Crippen LogP contribution in [-0.4, -0.2) is 24.8 Å². The predicted molar refractivity (Wildman–Crippen MR) is 51.5 cm³/mol. The molecule has 0 aromatic rings. The zero-order chi connectivity index (χ0) is 11.9. The van der Waals surface area contributed by atoms with Gasteiger partial charge < -0.3 is 10.6 Å². The van der Waals surface area contributed by atoms with Crippen molar-refractivity contribution >= 4 is 6.03 Å². The average molecular weight is 224 g/mol. The summed E-state index contributed by atoms with van der Waals surface area (Å²) in [6.45, 7) is 5.51. The molecule has 0 aromatic carbocycles. The Morgan fingerprint density at radius 3 is 2.53 bits per heavy atom. The molecular formula is C9H15F3N2O. The molecule has 88 valence electrons. The van der Waals surface area contributed by atoms with Gasteiger partial charge in [0.2, 0.25) is 0 Å². The van der Waals surface area contributed by atoms with Crippen molar-refractivity contribution in [1.29, 1.82) is 0 Å². The Balaban J connectivity index is 3.93. The van der Waals surface area contributed by atoms with Gasteiger partial charge >= 0.3 is 12.2 Å². The van der Waals surface area contributed by atoms with Gasteiger partial charge in [0.05, 0.1) is 0 Å². The summed E-state index contributed by atoms with van der Waals surface area (Å²) in [6.07, 6.45) is -4.04. The minimum atomic E-state index is -4.20. The molecule has 2 N–H and O–H groups in total. The minimum Gasteiger partial charge on any atom is -0.338 e. The molecule has 0 saturated carbocycles. The summed E-state index contributed by atoms with van der Waals surface area (Å²) in [5.74, 6) is 0. The lowest BCUT2D eigenvalue weighted by atomic mass is 10.1. The molecule has 2 amide bonds. The first-order valence-electron chi connectivity index (χ1n) is 4.62. The van der Waals surface area contributed by atoms with Crippen LogP contribution in [0.3, 0.4) is 0 Å². The third kappa shape index (κ3) is 7.84. The third-order valence-corrected chi connectivity index (χ3v) is 1.68. The van der Waals surface area contributed by atoms with Crippen molar-refractivity contribution in [3.05, 3.63) is 12.7 Å². The van der Waals surface area contributed by atoms with Crippen LogP contribution in [0.2, 0.25) is 0 Å². The number of amides is 2. The highest BCUT2D eigenvalue weighted by molar-refractivity contribution is 5.74. The van der Waals surface area contributed by atoms with E-state index in [1.807, 2.05) is 0 Å². The van der Waals surface area contributed by atoms with Crippen LogP contribution in [0.5, 0.6) is 0 Å². The largest absolute Gasteiger partial charge is 0.389 e. The lowest BCUT2D eigenvalue weighted by molar-refractivity contribution is -0.136. The highest BCUT2D eigenvalue weighted by atomic mass is 19.4. The van der Waals surface area contributed by atoms with E-state index in [-0.39, 0.29) is 6.42 Å². The van der Waals surface area contributed by atoms with Gasteiger partial charge in [0.25, 0.3) is 0 Å². The summed E-state index contributed by atoms with van der Waals surface area (Å²) in [7, 11) is 0. The van der Waals surface area contributed by atoms with Gasteiger partial charge in [-0.2, -0.15) is 13.2 Å². The van der Waals surface area contributed by atoms with Gasteiger partial charge in [0, 0.05) is 19.0 Å². The molecule has 6 heteroatoms. The monoisotopic (exact) mass is 224 g/mol. The molecule has 1 unspecified atom stereocenters. The fourth-order valence-electron chi connectivity index (χ4n) is 0.948. The van der Waals surface area contributed by atoms with E-state index < -0.39 is 24.7 Å². The van der Waals surface area contributed by atoms with Gasteiger partial charge in [-0.05, 0) is 13.3 Å². The molecule has 0 saturated heterocycles. The summed E-state index contributed by atoms with van der Waals surface area (Å²) in [5, 5.41) is 4.80. The van der Waals surface area contributed by atoms with Gasteiger partial charge in [0.15, 0.2) is 0 Å². The van der Waals surface area contributed by atoms with Crippen molar-refractivity contribution < 1.29 is 18.0 Å². The molecule has 1 atom stereocenters. The molecule has 0 bridgehead atoms. The molecule has 0 aromatic heterocycles. The lowest BCUT2D eigenvalue weighted by Crippen LogP contribution is -2.41. The second kappa shape index (κ2) is 6.31. The fraction of sp³-hybridized carbons (Fsp3) is 0.667. The second-order valence-corrected chi connectivity index (χ2v) is 3.00. The van der Waals surface area contributed by atoms with Crippen LogP contribution in [-0.2, 0) is 0 Å². The van der Waals surface area contributed by atoms with Crippen molar-refractivity contribution in [2.24, 2.45) is 0 Å². The third-order valence-electron chi connectivity index (χ3n) is 1.68. The van der Waals surface area contributed by atoms with Crippen LogP contribution >= 0.6 is 0 Å². The van der Waals surface area contributed by atoms with E-state index in [0.717, 1.165) is 0 Å². The molecule has 0 rings (SSSR count). The lowest BCUT2D eigenvalue weighted by Gasteiger charge is -2.15. The normalized spacial score (nSPS) is 13.1. The van der Waals surface area contributed by atoms with Crippen molar-refractivity contribution in [1.82, 2.24) is 10.6 Å². The summed E-state index contributed by atoms with van der Waals surface area (Å²) in [6, 6.07) is -1.14. The van der Waals surface area contributed by atoms with Crippen LogP contribution in [0.25, 0.3) is 0 Å². The number of alkyl halides is 3. The van der Waals surface area contributed by atoms with E-state index in [0.29, 0.717) is 6.54 Å². The molecule has 0 aliphatic heterocycles. The van der Waals surface area contributed by atoms with Crippen molar-refractivity contribution in [3.8, 4) is 0 Å². The van der Waals surface area contributed by atoms with E-state index >= 15 is 0 Å². The number of halogens is 3. The van der Waals surface area contributed by atoms with E-state index in [9.17, 15) is 18.0 Å². The van der Waals surface area contributed by atoms with Crippen LogP contribution in [0.15, 0.2) is 12.7 Å². The average Bonchev–Trinajstić information content (AvgIpc) is 2.11. The molecule has 15 heavy (non-hydrogen) atoms. The maximum absolute atomic E-state index is 11.9. The van der Waals surface area contributed by atoms with Crippen molar-refractivity contribution in [3.63, 3.8) is 0 Å². The Kier molecular flexibility index (Phi) is 5.81. The molecular weight excluding hydrogens is 209 g/mol. The van der Waals surface area contributed by atoms with Crippen molar-refractivity contribution in [2.45, 2.75) is 32.0 Å². The second-order valence-electron chi connectivity index (χ2n) is 3.00. The zero-order valence-electron chi connectivity index (χ0n) is 8.53. The van der Waals surface area contributed by atoms with Gasteiger partial charge in [-0.25, -0.2) is 4.79 Å². The smallest absolute Gasteiger partial charge is 0.338 e. The molecule has 0 aliphatic carbocycles. The minimum absolute atomic E-state index is 0.190. The molecule has 0 heterocycles. The fourth-order valence-corrected chi connectivity index (χ4v) is 0.948. The molecule has 0 spiro atoms. The van der Waals surface area contributed by atoms with Crippen LogP contribution in [0.4, 0.5) is 18.0 Å². The van der Waals surface area contributed by atoms with E-state index in [4.69, 9.17) is 0 Å². The number of nitrogens with one attached hydrogen (secondary N) is 2. The quantitative estimate of drug-likeness (QED) is 0.690. The molecule has 0 fully saturated rings. The number of carbonyl (C=O) groups excluding carboxylic acids is 1. The van der Waals surface area contributed by atoms with E-state index in [2.05, 4.69) is 17.2 Å². The standard InChI is InChI=1S/C9H15F3N2O/c1-3-7(5-6-9(10,11)12)14-8(15)13-4-2/h3,7H,1,4-6H2,2H3,(H2,13,14,15). The number of hydrogen-bond acceptors (Lipinski definition) is 1. The highest BCUT2D eigenvalue weighted by Gasteiger charge is 2.27. The number of rotatable bonds is 5. The van der Waals surface area contributed by atoms with Crippen LogP contribution in [0.1, 0.15) is 19.8 Å². The topological polar surface area (TPSA) is 41.1 Å². The Bertz CT molecular complexity index is 216. The maximum atomic E-state index is 11.9. The predicted octanol–water partition coefficient (Wildman–Crippen LogP) is 2.20. The van der Waals surface area contributed by atoms with Gasteiger partial charge in [-0.15, -0.1) is 6.58 Å². The summed E-state index contributed by atoms with van der Waals surface area (Å²) >= 11 is 0. The zero-order valence-corrected chi connectivity index (χ0v) is 8.53.